The molecule has 3 nitrogen and oxygen atoms in total. The molecule has 0 fully saturated rings. The lowest BCUT2D eigenvalue weighted by Crippen LogP contribution is -2.18. The Kier molecular flexibility index (Phi) is 6.26. The zero-order valence-corrected chi connectivity index (χ0v) is 14.8. The van der Waals surface area contributed by atoms with E-state index in [2.05, 4.69) is 26.8 Å². The standard InChI is InChI=1S/C20H28O3/c1-5-8-12-16(10-6-2)22-20(21)19-14(4)18-15(7-3)11-9-13-17(18)23-19/h9,11,13,16H,5-8,10,12H2,1-4H3. The van der Waals surface area contributed by atoms with Gasteiger partial charge in [0.2, 0.25) is 5.76 Å². The van der Waals surface area contributed by atoms with Crippen LogP contribution in [0.4, 0.5) is 0 Å². The highest BCUT2D eigenvalue weighted by Gasteiger charge is 2.23. The van der Waals surface area contributed by atoms with E-state index in [1.54, 1.807) is 0 Å². The molecule has 2 aromatic rings. The first-order chi connectivity index (χ1) is 11.1. The average Bonchev–Trinajstić information content (AvgIpc) is 2.90. The minimum Gasteiger partial charge on any atom is -0.457 e. The molecule has 0 saturated carbocycles. The maximum Gasteiger partial charge on any atom is 0.374 e. The van der Waals surface area contributed by atoms with Crippen LogP contribution < -0.4 is 0 Å². The number of ether oxygens (including phenoxy) is 1. The van der Waals surface area contributed by atoms with Crippen molar-refractivity contribution in [2.75, 3.05) is 0 Å². The Bertz CT molecular complexity index is 654. The van der Waals surface area contributed by atoms with Gasteiger partial charge in [-0.15, -0.1) is 0 Å². The molecule has 0 radical (unpaired) electrons. The fourth-order valence-electron chi connectivity index (χ4n) is 3.10. The predicted molar refractivity (Wildman–Crippen MR) is 94.0 cm³/mol. The molecule has 0 N–H and O–H groups in total. The van der Waals surface area contributed by atoms with E-state index >= 15 is 0 Å². The van der Waals surface area contributed by atoms with Crippen LogP contribution in [0.25, 0.3) is 11.0 Å². The first-order valence-electron chi connectivity index (χ1n) is 8.84. The van der Waals surface area contributed by atoms with Gasteiger partial charge in [0.05, 0.1) is 0 Å². The van der Waals surface area contributed by atoms with Gasteiger partial charge in [0.1, 0.15) is 11.7 Å². The number of benzene rings is 1. The van der Waals surface area contributed by atoms with E-state index in [4.69, 9.17) is 9.15 Å². The Morgan fingerprint density at radius 3 is 2.61 bits per heavy atom. The van der Waals surface area contributed by atoms with E-state index in [1.807, 2.05) is 19.1 Å². The zero-order valence-electron chi connectivity index (χ0n) is 14.8. The van der Waals surface area contributed by atoms with Crippen molar-refractivity contribution in [2.45, 2.75) is 72.3 Å². The third-order valence-electron chi connectivity index (χ3n) is 4.37. The third kappa shape index (κ3) is 3.95. The molecule has 2 rings (SSSR count). The van der Waals surface area contributed by atoms with E-state index in [0.29, 0.717) is 5.76 Å². The highest BCUT2D eigenvalue weighted by atomic mass is 16.6. The molecule has 0 bridgehead atoms. The molecular formula is C20H28O3. The first-order valence-corrected chi connectivity index (χ1v) is 8.84. The largest absolute Gasteiger partial charge is 0.457 e. The van der Waals surface area contributed by atoms with Gasteiger partial charge in [-0.05, 0) is 37.8 Å². The van der Waals surface area contributed by atoms with Crippen LogP contribution in [0.1, 0.15) is 74.6 Å². The second-order valence-electron chi connectivity index (χ2n) is 6.16. The Balaban J connectivity index is 2.25. The van der Waals surface area contributed by atoms with Crippen LogP contribution in [0.15, 0.2) is 22.6 Å². The van der Waals surface area contributed by atoms with Gasteiger partial charge in [-0.2, -0.15) is 0 Å². The molecule has 0 spiro atoms. The maximum atomic E-state index is 12.6. The molecule has 0 amide bonds. The highest BCUT2D eigenvalue weighted by molar-refractivity contribution is 5.97. The van der Waals surface area contributed by atoms with Crippen molar-refractivity contribution >= 4 is 16.9 Å². The molecule has 0 saturated heterocycles. The van der Waals surface area contributed by atoms with Crippen LogP contribution in [0.3, 0.4) is 0 Å². The summed E-state index contributed by atoms with van der Waals surface area (Å²) in [5.74, 6) is 0.0359. The van der Waals surface area contributed by atoms with Crippen LogP contribution >= 0.6 is 0 Å². The number of unbranched alkanes of at least 4 members (excludes halogenated alkanes) is 1. The lowest BCUT2D eigenvalue weighted by molar-refractivity contribution is 0.0221. The normalized spacial score (nSPS) is 12.5. The third-order valence-corrected chi connectivity index (χ3v) is 4.37. The average molecular weight is 316 g/mol. The molecule has 1 heterocycles. The monoisotopic (exact) mass is 316 g/mol. The molecule has 1 unspecified atom stereocenters. The second kappa shape index (κ2) is 8.19. The lowest BCUT2D eigenvalue weighted by Gasteiger charge is -2.16. The second-order valence-corrected chi connectivity index (χ2v) is 6.16. The number of hydrogen-bond acceptors (Lipinski definition) is 3. The van der Waals surface area contributed by atoms with Gasteiger partial charge in [-0.3, -0.25) is 0 Å². The molecule has 1 atom stereocenters. The minimum atomic E-state index is -0.324. The number of esters is 1. The Hall–Kier alpha value is -1.77. The van der Waals surface area contributed by atoms with E-state index in [1.165, 1.54) is 5.56 Å². The fraction of sp³-hybridized carbons (Fsp3) is 0.550. The van der Waals surface area contributed by atoms with Crippen molar-refractivity contribution in [1.82, 2.24) is 0 Å². The number of carbonyl (C=O) groups excluding carboxylic acids is 1. The molecule has 23 heavy (non-hydrogen) atoms. The molecule has 1 aromatic carbocycles. The van der Waals surface area contributed by atoms with E-state index in [0.717, 1.165) is 55.1 Å². The van der Waals surface area contributed by atoms with Crippen molar-refractivity contribution in [1.29, 1.82) is 0 Å². The summed E-state index contributed by atoms with van der Waals surface area (Å²) < 4.78 is 11.5. The van der Waals surface area contributed by atoms with Crippen molar-refractivity contribution in [3.63, 3.8) is 0 Å². The van der Waals surface area contributed by atoms with Gasteiger partial charge in [-0.1, -0.05) is 52.2 Å². The summed E-state index contributed by atoms with van der Waals surface area (Å²) in [6, 6.07) is 5.97. The van der Waals surface area contributed by atoms with Crippen LogP contribution in [0.5, 0.6) is 0 Å². The molecule has 3 heteroatoms. The van der Waals surface area contributed by atoms with Crippen molar-refractivity contribution in [2.24, 2.45) is 0 Å². The Morgan fingerprint density at radius 2 is 1.96 bits per heavy atom. The number of carbonyl (C=O) groups is 1. The summed E-state index contributed by atoms with van der Waals surface area (Å²) in [7, 11) is 0. The summed E-state index contributed by atoms with van der Waals surface area (Å²) in [5.41, 5.74) is 2.88. The van der Waals surface area contributed by atoms with Crippen LogP contribution in [-0.2, 0) is 11.2 Å². The number of hydrogen-bond donors (Lipinski definition) is 0. The van der Waals surface area contributed by atoms with Gasteiger partial charge in [-0.25, -0.2) is 4.79 Å². The number of aryl methyl sites for hydroxylation is 2. The zero-order chi connectivity index (χ0) is 16.8. The molecule has 0 aliphatic carbocycles. The minimum absolute atomic E-state index is 0.00860. The van der Waals surface area contributed by atoms with Crippen molar-refractivity contribution < 1.29 is 13.9 Å². The molecule has 0 aliphatic heterocycles. The quantitative estimate of drug-likeness (QED) is 0.576. The Morgan fingerprint density at radius 1 is 1.17 bits per heavy atom. The summed E-state index contributed by atoms with van der Waals surface area (Å²) in [6.45, 7) is 8.33. The smallest absolute Gasteiger partial charge is 0.374 e. The molecule has 0 aliphatic rings. The summed E-state index contributed by atoms with van der Waals surface area (Å²) in [5, 5.41) is 1.06. The molecular weight excluding hydrogens is 288 g/mol. The van der Waals surface area contributed by atoms with Gasteiger partial charge >= 0.3 is 5.97 Å². The van der Waals surface area contributed by atoms with Gasteiger partial charge < -0.3 is 9.15 Å². The SMILES string of the molecule is CCCCC(CCC)OC(=O)c1oc2cccc(CC)c2c1C. The predicted octanol–water partition coefficient (Wildman–Crippen LogP) is 5.82. The number of fused-ring (bicyclic) bond motifs is 1. The number of rotatable bonds is 8. The number of furan rings is 1. The lowest BCUT2D eigenvalue weighted by atomic mass is 10.0. The maximum absolute atomic E-state index is 12.6. The van der Waals surface area contributed by atoms with Crippen LogP contribution in [-0.4, -0.2) is 12.1 Å². The van der Waals surface area contributed by atoms with E-state index in [9.17, 15) is 4.79 Å². The highest BCUT2D eigenvalue weighted by Crippen LogP contribution is 2.29. The van der Waals surface area contributed by atoms with Crippen molar-refractivity contribution in [3.8, 4) is 0 Å². The van der Waals surface area contributed by atoms with Crippen molar-refractivity contribution in [3.05, 3.63) is 35.1 Å². The van der Waals surface area contributed by atoms with E-state index < -0.39 is 0 Å². The topological polar surface area (TPSA) is 39.4 Å². The van der Waals surface area contributed by atoms with Gasteiger partial charge in [0, 0.05) is 10.9 Å². The van der Waals surface area contributed by atoms with Gasteiger partial charge in [0.15, 0.2) is 0 Å². The van der Waals surface area contributed by atoms with Crippen LogP contribution in [0.2, 0.25) is 0 Å². The summed E-state index contributed by atoms with van der Waals surface area (Å²) in [6.07, 6.45) is 5.95. The molecule has 1 aromatic heterocycles. The first kappa shape index (κ1) is 17.6. The summed E-state index contributed by atoms with van der Waals surface area (Å²) in [4.78, 5) is 12.6. The van der Waals surface area contributed by atoms with E-state index in [-0.39, 0.29) is 12.1 Å². The van der Waals surface area contributed by atoms with Gasteiger partial charge in [0.25, 0.3) is 0 Å². The summed E-state index contributed by atoms with van der Waals surface area (Å²) >= 11 is 0. The fourth-order valence-corrected chi connectivity index (χ4v) is 3.10. The van der Waals surface area contributed by atoms with Crippen LogP contribution in [0, 0.1) is 6.92 Å². The molecule has 126 valence electrons. The Labute approximate surface area is 139 Å².